The van der Waals surface area contributed by atoms with Crippen molar-refractivity contribution in [2.45, 2.75) is 44.2 Å². The SMILES string of the molecule is C[C@@H](N)c1ccccc1N(C)CC1(O)CCCC1. The average Bonchev–Trinajstić information content (AvgIpc) is 2.75. The molecule has 0 unspecified atom stereocenters. The maximum atomic E-state index is 10.5. The van der Waals surface area contributed by atoms with E-state index < -0.39 is 5.60 Å². The molecule has 1 saturated carbocycles. The van der Waals surface area contributed by atoms with Gasteiger partial charge in [-0.2, -0.15) is 0 Å². The molecule has 1 aromatic carbocycles. The van der Waals surface area contributed by atoms with Crippen LogP contribution < -0.4 is 10.6 Å². The molecule has 1 aromatic rings. The number of hydrogen-bond donors (Lipinski definition) is 2. The number of nitrogens with zero attached hydrogens (tertiary/aromatic N) is 1. The van der Waals surface area contributed by atoms with Crippen LogP contribution in [0, 0.1) is 0 Å². The second kappa shape index (κ2) is 5.29. The highest BCUT2D eigenvalue weighted by atomic mass is 16.3. The van der Waals surface area contributed by atoms with Gasteiger partial charge in [0.1, 0.15) is 0 Å². The summed E-state index contributed by atoms with van der Waals surface area (Å²) < 4.78 is 0. The summed E-state index contributed by atoms with van der Waals surface area (Å²) in [5.41, 5.74) is 7.76. The minimum absolute atomic E-state index is 0.0156. The molecule has 0 saturated heterocycles. The molecule has 100 valence electrons. The third kappa shape index (κ3) is 2.85. The van der Waals surface area contributed by atoms with Crippen LogP contribution in [0.15, 0.2) is 24.3 Å². The smallest absolute Gasteiger partial charge is 0.0821 e. The van der Waals surface area contributed by atoms with E-state index in [1.807, 2.05) is 26.1 Å². The van der Waals surface area contributed by atoms with Crippen LogP contribution in [0.5, 0.6) is 0 Å². The van der Waals surface area contributed by atoms with E-state index in [0.29, 0.717) is 6.54 Å². The van der Waals surface area contributed by atoms with Crippen LogP contribution in [0.3, 0.4) is 0 Å². The number of anilines is 1. The molecule has 0 spiro atoms. The molecule has 1 fully saturated rings. The molecule has 2 rings (SSSR count). The number of rotatable bonds is 4. The van der Waals surface area contributed by atoms with Crippen molar-refractivity contribution in [3.8, 4) is 0 Å². The Morgan fingerprint density at radius 2 is 1.94 bits per heavy atom. The molecule has 0 heterocycles. The van der Waals surface area contributed by atoms with Gasteiger partial charge in [0.05, 0.1) is 5.60 Å². The lowest BCUT2D eigenvalue weighted by Gasteiger charge is -2.31. The molecule has 3 nitrogen and oxygen atoms in total. The summed E-state index contributed by atoms with van der Waals surface area (Å²) >= 11 is 0. The molecule has 3 N–H and O–H groups in total. The zero-order chi connectivity index (χ0) is 13.2. The lowest BCUT2D eigenvalue weighted by molar-refractivity contribution is 0.0559. The number of hydrogen-bond acceptors (Lipinski definition) is 3. The minimum atomic E-state index is -0.514. The third-order valence-electron chi connectivity index (χ3n) is 3.90. The largest absolute Gasteiger partial charge is 0.388 e. The van der Waals surface area contributed by atoms with E-state index in [2.05, 4.69) is 17.0 Å². The summed E-state index contributed by atoms with van der Waals surface area (Å²) in [7, 11) is 2.04. The molecule has 0 aromatic heterocycles. The molecule has 18 heavy (non-hydrogen) atoms. The van der Waals surface area contributed by atoms with Crippen LogP contribution in [-0.2, 0) is 0 Å². The molecule has 1 atom stereocenters. The molecular weight excluding hydrogens is 224 g/mol. The normalized spacial score (nSPS) is 19.8. The van der Waals surface area contributed by atoms with Crippen molar-refractivity contribution in [2.24, 2.45) is 5.73 Å². The van der Waals surface area contributed by atoms with Gasteiger partial charge in [-0.15, -0.1) is 0 Å². The average molecular weight is 248 g/mol. The Labute approximate surface area is 110 Å². The topological polar surface area (TPSA) is 49.5 Å². The lowest BCUT2D eigenvalue weighted by Crippen LogP contribution is -2.39. The van der Waals surface area contributed by atoms with Crippen molar-refractivity contribution in [1.82, 2.24) is 0 Å². The third-order valence-corrected chi connectivity index (χ3v) is 3.90. The van der Waals surface area contributed by atoms with Crippen molar-refractivity contribution in [1.29, 1.82) is 0 Å². The quantitative estimate of drug-likeness (QED) is 0.860. The van der Waals surface area contributed by atoms with Crippen LogP contribution in [0.2, 0.25) is 0 Å². The monoisotopic (exact) mass is 248 g/mol. The van der Waals surface area contributed by atoms with Crippen molar-refractivity contribution < 1.29 is 5.11 Å². The summed E-state index contributed by atoms with van der Waals surface area (Å²) in [6, 6.07) is 8.20. The summed E-state index contributed by atoms with van der Waals surface area (Å²) in [6.07, 6.45) is 4.11. The Kier molecular flexibility index (Phi) is 3.93. The number of nitrogens with two attached hydrogens (primary N) is 1. The Bertz CT molecular complexity index is 397. The Morgan fingerprint density at radius 3 is 2.56 bits per heavy atom. The van der Waals surface area contributed by atoms with Gasteiger partial charge in [-0.05, 0) is 31.4 Å². The standard InChI is InChI=1S/C15H24N2O/c1-12(16)13-7-3-4-8-14(13)17(2)11-15(18)9-5-6-10-15/h3-4,7-8,12,18H,5-6,9-11,16H2,1-2H3/t12-/m1/s1. The molecule has 1 aliphatic carbocycles. The van der Waals surface area contributed by atoms with E-state index >= 15 is 0 Å². The van der Waals surface area contributed by atoms with Crippen molar-refractivity contribution in [3.63, 3.8) is 0 Å². The second-order valence-corrected chi connectivity index (χ2v) is 5.64. The fourth-order valence-corrected chi connectivity index (χ4v) is 2.94. The van der Waals surface area contributed by atoms with Gasteiger partial charge in [0.2, 0.25) is 0 Å². The minimum Gasteiger partial charge on any atom is -0.388 e. The van der Waals surface area contributed by atoms with Crippen LogP contribution in [0.25, 0.3) is 0 Å². The fourth-order valence-electron chi connectivity index (χ4n) is 2.94. The highest BCUT2D eigenvalue weighted by molar-refractivity contribution is 5.54. The van der Waals surface area contributed by atoms with Gasteiger partial charge in [-0.25, -0.2) is 0 Å². The molecule has 1 aliphatic rings. The summed E-state index contributed by atoms with van der Waals surface area (Å²) in [5.74, 6) is 0. The van der Waals surface area contributed by atoms with E-state index in [0.717, 1.165) is 36.9 Å². The molecule has 0 radical (unpaired) electrons. The van der Waals surface area contributed by atoms with Gasteiger partial charge in [0.15, 0.2) is 0 Å². The molecule has 0 amide bonds. The molecular formula is C15H24N2O. The first-order valence-electron chi connectivity index (χ1n) is 6.80. The van der Waals surface area contributed by atoms with Crippen LogP contribution in [-0.4, -0.2) is 24.3 Å². The summed E-state index contributed by atoms with van der Waals surface area (Å²) in [6.45, 7) is 2.69. The van der Waals surface area contributed by atoms with E-state index in [-0.39, 0.29) is 6.04 Å². The predicted octanol–water partition coefficient (Wildman–Crippen LogP) is 2.45. The highest BCUT2D eigenvalue weighted by Crippen LogP contribution is 2.32. The van der Waals surface area contributed by atoms with Crippen molar-refractivity contribution >= 4 is 5.69 Å². The Morgan fingerprint density at radius 1 is 1.33 bits per heavy atom. The molecule has 3 heteroatoms. The van der Waals surface area contributed by atoms with Crippen molar-refractivity contribution in [2.75, 3.05) is 18.5 Å². The van der Waals surface area contributed by atoms with Gasteiger partial charge in [0.25, 0.3) is 0 Å². The van der Waals surface area contributed by atoms with Crippen LogP contribution in [0.1, 0.15) is 44.2 Å². The highest BCUT2D eigenvalue weighted by Gasteiger charge is 2.32. The predicted molar refractivity (Wildman–Crippen MR) is 75.7 cm³/mol. The lowest BCUT2D eigenvalue weighted by atomic mass is 10.00. The molecule has 0 bridgehead atoms. The van der Waals surface area contributed by atoms with Gasteiger partial charge >= 0.3 is 0 Å². The summed E-state index contributed by atoms with van der Waals surface area (Å²) in [5, 5.41) is 10.5. The maximum Gasteiger partial charge on any atom is 0.0821 e. The first-order chi connectivity index (χ1) is 8.52. The van der Waals surface area contributed by atoms with E-state index in [9.17, 15) is 5.11 Å². The Balaban J connectivity index is 2.15. The summed E-state index contributed by atoms with van der Waals surface area (Å²) in [4.78, 5) is 2.14. The zero-order valence-corrected chi connectivity index (χ0v) is 11.4. The molecule has 0 aliphatic heterocycles. The fraction of sp³-hybridized carbons (Fsp3) is 0.600. The van der Waals surface area contributed by atoms with E-state index in [1.54, 1.807) is 0 Å². The van der Waals surface area contributed by atoms with Gasteiger partial charge < -0.3 is 15.7 Å². The first kappa shape index (κ1) is 13.4. The van der Waals surface area contributed by atoms with E-state index in [1.165, 1.54) is 0 Å². The number of benzene rings is 1. The maximum absolute atomic E-state index is 10.5. The van der Waals surface area contributed by atoms with E-state index in [4.69, 9.17) is 5.73 Å². The van der Waals surface area contributed by atoms with Crippen LogP contribution >= 0.6 is 0 Å². The number of aliphatic hydroxyl groups is 1. The zero-order valence-electron chi connectivity index (χ0n) is 11.4. The number of para-hydroxylation sites is 1. The van der Waals surface area contributed by atoms with Gasteiger partial charge in [-0.3, -0.25) is 0 Å². The van der Waals surface area contributed by atoms with Gasteiger partial charge in [0, 0.05) is 25.3 Å². The van der Waals surface area contributed by atoms with Crippen molar-refractivity contribution in [3.05, 3.63) is 29.8 Å². The van der Waals surface area contributed by atoms with Crippen LogP contribution in [0.4, 0.5) is 5.69 Å². The number of likely N-dealkylation sites (N-methyl/N-ethyl adjacent to an activating group) is 1. The second-order valence-electron chi connectivity index (χ2n) is 5.64. The first-order valence-corrected chi connectivity index (χ1v) is 6.80. The Hall–Kier alpha value is -1.06. The van der Waals surface area contributed by atoms with Gasteiger partial charge in [-0.1, -0.05) is 31.0 Å².